The average Bonchev–Trinajstić information content (AvgIpc) is 3.29. The van der Waals surface area contributed by atoms with Gasteiger partial charge in [0.25, 0.3) is 0 Å². The highest BCUT2D eigenvalue weighted by atomic mass is 31.2. The molecule has 6 atom stereocenters. The number of aliphatic hydroxyl groups is 2. The molecule has 3 N–H and O–H groups in total. The number of nitrogens with zero attached hydrogens (tertiary/aromatic N) is 2. The number of rotatable bonds is 17. The van der Waals surface area contributed by atoms with Crippen molar-refractivity contribution in [3.05, 3.63) is 162 Å². The third kappa shape index (κ3) is 11.0. The van der Waals surface area contributed by atoms with Crippen molar-refractivity contribution in [2.24, 2.45) is 0 Å². The smallest absolute Gasteiger partial charge is 0.417 e. The highest BCUT2D eigenvalue weighted by Crippen LogP contribution is 2.49. The molecule has 1 aliphatic rings. The molecule has 0 aromatic heterocycles. The van der Waals surface area contributed by atoms with Crippen LogP contribution in [0.3, 0.4) is 0 Å². The average molecular weight is 809 g/mol. The van der Waals surface area contributed by atoms with Crippen LogP contribution in [-0.4, -0.2) is 80.5 Å². The summed E-state index contributed by atoms with van der Waals surface area (Å²) in [7, 11) is -4.06. The minimum Gasteiger partial charge on any atom is -0.508 e. The number of ether oxygens (including phenoxy) is 2. The Kier molecular flexibility index (Phi) is 14.2. The van der Waals surface area contributed by atoms with Crippen molar-refractivity contribution in [2.75, 3.05) is 13.0 Å². The van der Waals surface area contributed by atoms with Crippen LogP contribution in [0.15, 0.2) is 140 Å². The Labute approximate surface area is 338 Å². The first-order valence-corrected chi connectivity index (χ1v) is 20.9. The first kappa shape index (κ1) is 42.0. The van der Waals surface area contributed by atoms with Gasteiger partial charge in [0.1, 0.15) is 29.5 Å². The predicted molar refractivity (Wildman–Crippen MR) is 218 cm³/mol. The molecule has 1 unspecified atom stereocenters. The van der Waals surface area contributed by atoms with E-state index in [1.807, 2.05) is 60.7 Å². The van der Waals surface area contributed by atoms with Crippen molar-refractivity contribution in [2.45, 2.75) is 70.2 Å². The van der Waals surface area contributed by atoms with Gasteiger partial charge in [-0.1, -0.05) is 103 Å². The van der Waals surface area contributed by atoms with E-state index in [0.717, 1.165) is 22.3 Å². The van der Waals surface area contributed by atoms with Crippen molar-refractivity contribution in [3.8, 4) is 17.2 Å². The summed E-state index contributed by atoms with van der Waals surface area (Å²) in [5.41, 5.74) is 3.23. The van der Waals surface area contributed by atoms with Crippen LogP contribution in [0.25, 0.3) is 0 Å². The van der Waals surface area contributed by atoms with Gasteiger partial charge in [-0.15, -0.1) is 0 Å². The summed E-state index contributed by atoms with van der Waals surface area (Å²) < 4.78 is 36.3. The molecule has 304 valence electrons. The molecule has 1 fully saturated rings. The van der Waals surface area contributed by atoms with E-state index in [-0.39, 0.29) is 50.1 Å². The molecule has 1 aliphatic heterocycles. The van der Waals surface area contributed by atoms with Crippen LogP contribution in [0.2, 0.25) is 0 Å². The molecule has 12 nitrogen and oxygen atoms in total. The second kappa shape index (κ2) is 19.7. The lowest BCUT2D eigenvalue weighted by Gasteiger charge is -2.36. The monoisotopic (exact) mass is 808 g/mol. The summed E-state index contributed by atoms with van der Waals surface area (Å²) in [5.74, 6) is 0.00512. The Balaban J connectivity index is 1.26. The first-order valence-electron chi connectivity index (χ1n) is 19.2. The molecule has 1 heterocycles. The zero-order chi connectivity index (χ0) is 41.1. The third-order valence-electron chi connectivity index (χ3n) is 9.89. The standard InChI is InChI=1S/C45H49N2O10P/c1-3-54-44(51)32(2)56-58(53,57-39-17-11-6-12-18-39)31-55-38-25-21-34(22-26-38)28-41-43(50)42(49)40(27-33-19-23-37(48)24-20-33)46(29-35-13-7-4-8-14-35)45(52)47(41)30-36-15-9-5-10-16-36/h4-26,32,40-43,48-50H,3,27-31H2,1-2H3/t32-,40+,41+,42-,43-,58?/m0/s1. The van der Waals surface area contributed by atoms with E-state index in [1.165, 1.54) is 6.92 Å². The molecule has 6 rings (SSSR count). The molecule has 5 aromatic rings. The van der Waals surface area contributed by atoms with Gasteiger partial charge >= 0.3 is 19.6 Å². The van der Waals surface area contributed by atoms with Gasteiger partial charge in [-0.2, -0.15) is 0 Å². The number of aliphatic hydroxyl groups excluding tert-OH is 2. The van der Waals surface area contributed by atoms with Gasteiger partial charge in [0.2, 0.25) is 6.35 Å². The van der Waals surface area contributed by atoms with E-state index in [4.69, 9.17) is 18.5 Å². The molecule has 5 aromatic carbocycles. The van der Waals surface area contributed by atoms with E-state index in [0.29, 0.717) is 5.75 Å². The van der Waals surface area contributed by atoms with Gasteiger partial charge in [0.05, 0.1) is 18.7 Å². The molecule has 0 saturated carbocycles. The maximum atomic E-state index is 14.9. The number of phenols is 1. The Bertz CT molecular complexity index is 2110. The zero-order valence-electron chi connectivity index (χ0n) is 32.4. The summed E-state index contributed by atoms with van der Waals surface area (Å²) in [6.45, 7) is 3.57. The summed E-state index contributed by atoms with van der Waals surface area (Å²) in [6.07, 6.45) is -3.99. The summed E-state index contributed by atoms with van der Waals surface area (Å²) in [4.78, 5) is 30.5. The Morgan fingerprint density at radius 3 is 1.62 bits per heavy atom. The predicted octanol–water partition coefficient (Wildman–Crippen LogP) is 7.35. The molecular weight excluding hydrogens is 759 g/mol. The summed E-state index contributed by atoms with van der Waals surface area (Å²) in [5, 5.41) is 34.1. The van der Waals surface area contributed by atoms with Gasteiger partial charge in [-0.25, -0.2) is 14.2 Å². The largest absolute Gasteiger partial charge is 0.508 e. The topological polar surface area (TPSA) is 155 Å². The van der Waals surface area contributed by atoms with E-state index >= 15 is 0 Å². The van der Waals surface area contributed by atoms with Crippen LogP contribution in [0.4, 0.5) is 4.79 Å². The lowest BCUT2D eigenvalue weighted by atomic mass is 9.90. The highest BCUT2D eigenvalue weighted by molar-refractivity contribution is 7.54. The van der Waals surface area contributed by atoms with Crippen LogP contribution >= 0.6 is 7.60 Å². The fraction of sp³-hybridized carbons (Fsp3) is 0.289. The highest BCUT2D eigenvalue weighted by Gasteiger charge is 2.46. The van der Waals surface area contributed by atoms with Gasteiger partial charge in [-0.05, 0) is 85.3 Å². The SMILES string of the molecule is CCOC(=O)[C@H](C)OP(=O)(COc1ccc(C[C@@H]2[C@H](O)[C@@H](O)[C@@H](Cc3ccc(O)cc3)N(Cc3ccccc3)C(=O)N2Cc2ccccc2)cc1)Oc1ccccc1. The molecule has 58 heavy (non-hydrogen) atoms. The lowest BCUT2D eigenvalue weighted by molar-refractivity contribution is -0.150. The fourth-order valence-corrected chi connectivity index (χ4v) is 8.39. The van der Waals surface area contributed by atoms with E-state index < -0.39 is 50.3 Å². The maximum Gasteiger partial charge on any atom is 0.417 e. The number of hydrogen-bond donors (Lipinski definition) is 3. The Morgan fingerprint density at radius 1 is 0.672 bits per heavy atom. The van der Waals surface area contributed by atoms with Crippen molar-refractivity contribution < 1.29 is 48.0 Å². The van der Waals surface area contributed by atoms with Gasteiger partial charge in [0, 0.05) is 13.1 Å². The normalized spacial score (nSPS) is 19.8. The summed E-state index contributed by atoms with van der Waals surface area (Å²) in [6, 6.07) is 38.9. The molecule has 1 saturated heterocycles. The van der Waals surface area contributed by atoms with Gasteiger partial charge in [0.15, 0.2) is 6.10 Å². The minimum atomic E-state index is -4.06. The molecule has 0 bridgehead atoms. The number of esters is 1. The number of carbonyl (C=O) groups excluding carboxylic acids is 2. The van der Waals surface area contributed by atoms with Crippen LogP contribution in [-0.2, 0) is 44.6 Å². The van der Waals surface area contributed by atoms with Crippen LogP contribution in [0.1, 0.15) is 36.1 Å². The van der Waals surface area contributed by atoms with Crippen LogP contribution in [0.5, 0.6) is 17.2 Å². The molecule has 0 spiro atoms. The number of amides is 2. The third-order valence-corrected chi connectivity index (χ3v) is 11.5. The van der Waals surface area contributed by atoms with Gasteiger partial charge in [-0.3, -0.25) is 4.52 Å². The number of hydrogen-bond acceptors (Lipinski definition) is 10. The molecule has 0 radical (unpaired) electrons. The second-order valence-electron chi connectivity index (χ2n) is 14.1. The number of urea groups is 1. The second-order valence-corrected chi connectivity index (χ2v) is 16.0. The minimum absolute atomic E-state index is 0.0967. The van der Waals surface area contributed by atoms with Crippen LogP contribution in [0, 0.1) is 0 Å². The number of phenolic OH excluding ortho intramolecular Hbond substituents is 1. The van der Waals surface area contributed by atoms with Crippen molar-refractivity contribution in [1.29, 1.82) is 0 Å². The fourth-order valence-electron chi connectivity index (χ4n) is 6.92. The Morgan fingerprint density at radius 2 is 1.14 bits per heavy atom. The van der Waals surface area contributed by atoms with Gasteiger partial charge < -0.3 is 39.1 Å². The van der Waals surface area contributed by atoms with E-state index in [1.54, 1.807) is 95.6 Å². The van der Waals surface area contributed by atoms with E-state index in [2.05, 4.69) is 0 Å². The van der Waals surface area contributed by atoms with Crippen LogP contribution < -0.4 is 9.26 Å². The first-order chi connectivity index (χ1) is 28.0. The molecule has 2 amide bonds. The summed E-state index contributed by atoms with van der Waals surface area (Å²) >= 11 is 0. The number of carbonyl (C=O) groups is 2. The number of para-hydroxylation sites is 1. The number of benzene rings is 5. The van der Waals surface area contributed by atoms with Crippen molar-refractivity contribution >= 4 is 19.6 Å². The Hall–Kier alpha value is -5.65. The molecule has 0 aliphatic carbocycles. The lowest BCUT2D eigenvalue weighted by Crippen LogP contribution is -2.50. The molecular formula is C45H49N2O10P. The van der Waals surface area contributed by atoms with Crippen molar-refractivity contribution in [1.82, 2.24) is 9.80 Å². The zero-order valence-corrected chi connectivity index (χ0v) is 33.3. The molecule has 13 heteroatoms. The number of aromatic hydroxyl groups is 1. The maximum absolute atomic E-state index is 14.9. The van der Waals surface area contributed by atoms with Crippen molar-refractivity contribution in [3.63, 3.8) is 0 Å². The van der Waals surface area contributed by atoms with E-state index in [9.17, 15) is 29.5 Å². The quantitative estimate of drug-likeness (QED) is 0.0642.